The maximum absolute atomic E-state index is 13.2. The van der Waals surface area contributed by atoms with Gasteiger partial charge < -0.3 is 0 Å². The van der Waals surface area contributed by atoms with Crippen LogP contribution in [0.4, 0.5) is 4.39 Å². The minimum absolute atomic E-state index is 0.101. The van der Waals surface area contributed by atoms with E-state index in [-0.39, 0.29) is 17.9 Å². The molecule has 0 N–H and O–H groups in total. The van der Waals surface area contributed by atoms with E-state index in [1.165, 1.54) is 11.0 Å². The maximum Gasteiger partial charge on any atom is 0.166 e. The first-order valence-corrected chi connectivity index (χ1v) is 5.14. The predicted octanol–water partition coefficient (Wildman–Crippen LogP) is 1.17. The zero-order valence-corrected chi connectivity index (χ0v) is 8.79. The molecule has 1 aliphatic heterocycles. The zero-order valence-electron chi connectivity index (χ0n) is 8.79. The van der Waals surface area contributed by atoms with Crippen molar-refractivity contribution in [3.63, 3.8) is 0 Å². The predicted molar refractivity (Wildman–Crippen MR) is 59.5 cm³/mol. The highest BCUT2D eigenvalue weighted by atomic mass is 19.1. The van der Waals surface area contributed by atoms with Crippen molar-refractivity contribution in [3.05, 3.63) is 42.0 Å². The molecule has 0 fully saturated rings. The molecule has 0 aromatic carbocycles. The normalized spacial score (nSPS) is 26.5. The highest BCUT2D eigenvalue weighted by Gasteiger charge is 2.29. The van der Waals surface area contributed by atoms with Gasteiger partial charge in [-0.25, -0.2) is 9.40 Å². The van der Waals surface area contributed by atoms with Gasteiger partial charge in [-0.1, -0.05) is 24.3 Å². The molecule has 0 saturated carbocycles. The van der Waals surface area contributed by atoms with Crippen molar-refractivity contribution in [2.24, 2.45) is 4.99 Å². The molecule has 82 valence electrons. The number of aromatic nitrogens is 2. The zero-order chi connectivity index (χ0) is 11.1. The van der Waals surface area contributed by atoms with Gasteiger partial charge in [0.05, 0.1) is 24.0 Å². The summed E-state index contributed by atoms with van der Waals surface area (Å²) in [5.74, 6) is -0.299. The number of halogens is 1. The van der Waals surface area contributed by atoms with E-state index in [0.29, 0.717) is 5.69 Å². The summed E-state index contributed by atoms with van der Waals surface area (Å²) in [6.07, 6.45) is 11.1. The molecule has 2 atom stereocenters. The first-order chi connectivity index (χ1) is 7.75. The minimum atomic E-state index is -0.299. The second-order valence-corrected chi connectivity index (χ2v) is 3.88. The molecule has 3 rings (SSSR count). The van der Waals surface area contributed by atoms with E-state index in [1.54, 1.807) is 13.3 Å². The molecule has 1 aromatic rings. The third-order valence-electron chi connectivity index (χ3n) is 2.80. The molecule has 2 unspecified atom stereocenters. The first-order valence-electron chi connectivity index (χ1n) is 5.14. The summed E-state index contributed by atoms with van der Waals surface area (Å²) in [6, 6.07) is 0.210. The van der Waals surface area contributed by atoms with E-state index in [9.17, 15) is 4.39 Å². The Hall–Kier alpha value is -1.91. The number of allylic oxidation sites excluding steroid dienone is 2. The maximum atomic E-state index is 13.2. The van der Waals surface area contributed by atoms with Crippen molar-refractivity contribution in [2.45, 2.75) is 19.0 Å². The number of fused-ring (bicyclic) bond motifs is 1. The number of aliphatic imine (C=N–C) groups is 1. The average molecular weight is 218 g/mol. The third kappa shape index (κ3) is 1.28. The summed E-state index contributed by atoms with van der Waals surface area (Å²) in [6.45, 7) is 1.65. The number of aryl methyl sites for hydroxylation is 1. The molecule has 0 bridgehead atoms. The minimum Gasteiger partial charge on any atom is -0.264 e. The van der Waals surface area contributed by atoms with Crippen molar-refractivity contribution in [1.82, 2.24) is 9.89 Å². The van der Waals surface area contributed by atoms with Crippen LogP contribution in [0.25, 0.3) is 0 Å². The van der Waals surface area contributed by atoms with Gasteiger partial charge in [-0.15, -0.1) is 0 Å². The lowest BCUT2D eigenvalue weighted by Gasteiger charge is -2.24. The molecule has 2 heterocycles. The highest BCUT2D eigenvalue weighted by Crippen LogP contribution is 2.19. The molecule has 1 aliphatic carbocycles. The lowest BCUT2D eigenvalue weighted by Crippen LogP contribution is -2.42. The Morgan fingerprint density at radius 1 is 1.31 bits per heavy atom. The van der Waals surface area contributed by atoms with Crippen LogP contribution in [0, 0.1) is 12.7 Å². The molecule has 0 radical (unpaired) electrons. The monoisotopic (exact) mass is 218 g/mol. The van der Waals surface area contributed by atoms with Crippen LogP contribution in [-0.4, -0.2) is 28.3 Å². The highest BCUT2D eigenvalue weighted by molar-refractivity contribution is 5.73. The molecule has 0 amide bonds. The summed E-state index contributed by atoms with van der Waals surface area (Å²) in [5, 5.41) is 5.92. The Labute approximate surface area is 92.4 Å². The van der Waals surface area contributed by atoms with Crippen LogP contribution >= 0.6 is 0 Å². The van der Waals surface area contributed by atoms with Crippen LogP contribution in [0.5, 0.6) is 0 Å². The summed E-state index contributed by atoms with van der Waals surface area (Å²) in [4.78, 5) is 5.84. The third-order valence-corrected chi connectivity index (χ3v) is 2.80. The van der Waals surface area contributed by atoms with E-state index >= 15 is 0 Å². The van der Waals surface area contributed by atoms with Crippen molar-refractivity contribution in [1.29, 1.82) is 0 Å². The van der Waals surface area contributed by atoms with Crippen molar-refractivity contribution < 1.29 is 4.39 Å². The Morgan fingerprint density at radius 3 is 2.88 bits per heavy atom. The summed E-state index contributed by atoms with van der Waals surface area (Å²) < 4.78 is 13.2. The average Bonchev–Trinajstić information content (AvgIpc) is 2.83. The molecule has 2 aliphatic rings. The van der Waals surface area contributed by atoms with Crippen LogP contribution in [0.1, 0.15) is 5.69 Å². The van der Waals surface area contributed by atoms with Crippen molar-refractivity contribution in [2.75, 3.05) is 5.01 Å². The Morgan fingerprint density at radius 2 is 2.12 bits per heavy atom. The second kappa shape index (κ2) is 3.30. The smallest absolute Gasteiger partial charge is 0.166 e. The Bertz CT molecular complexity index is 481. The van der Waals surface area contributed by atoms with Crippen molar-refractivity contribution in [3.8, 4) is 0 Å². The molecule has 5 heteroatoms. The van der Waals surface area contributed by atoms with Crippen LogP contribution in [-0.2, 0) is 0 Å². The van der Waals surface area contributed by atoms with E-state index < -0.39 is 0 Å². The molecule has 0 saturated heterocycles. The molecule has 16 heavy (non-hydrogen) atoms. The molecule has 0 spiro atoms. The van der Waals surface area contributed by atoms with E-state index in [0.717, 1.165) is 0 Å². The fraction of sp³-hybridized carbons (Fsp3) is 0.273. The second-order valence-electron chi connectivity index (χ2n) is 3.88. The van der Waals surface area contributed by atoms with E-state index in [1.807, 2.05) is 29.3 Å². The molecule has 4 nitrogen and oxygen atoms in total. The van der Waals surface area contributed by atoms with E-state index in [4.69, 9.17) is 0 Å². The summed E-state index contributed by atoms with van der Waals surface area (Å²) >= 11 is 0. The summed E-state index contributed by atoms with van der Waals surface area (Å²) in [7, 11) is 0. The number of hydrogen-bond acceptors (Lipinski definition) is 3. The number of hydrogen-bond donors (Lipinski definition) is 0. The Kier molecular flexibility index (Phi) is 1.92. The summed E-state index contributed by atoms with van der Waals surface area (Å²) in [5.41, 5.74) is 0.396. The van der Waals surface area contributed by atoms with Crippen molar-refractivity contribution >= 4 is 6.34 Å². The number of rotatable bonds is 1. The van der Waals surface area contributed by atoms with Gasteiger partial charge in [0.2, 0.25) is 0 Å². The molecule has 1 aromatic heterocycles. The van der Waals surface area contributed by atoms with Gasteiger partial charge in [0.1, 0.15) is 6.34 Å². The van der Waals surface area contributed by atoms with E-state index in [2.05, 4.69) is 10.1 Å². The van der Waals surface area contributed by atoms with Crippen LogP contribution in [0.2, 0.25) is 0 Å². The van der Waals surface area contributed by atoms with Gasteiger partial charge in [-0.2, -0.15) is 9.89 Å². The SMILES string of the molecule is Cc1nn(N2C=NC3C=CC=CC32)cc1F. The van der Waals surface area contributed by atoms with Crippen LogP contribution in [0.3, 0.4) is 0 Å². The van der Waals surface area contributed by atoms with Gasteiger partial charge in [-0.05, 0) is 6.92 Å². The first kappa shape index (κ1) is 9.33. The van der Waals surface area contributed by atoms with Crippen LogP contribution < -0.4 is 5.01 Å². The molecular weight excluding hydrogens is 207 g/mol. The molecular formula is C11H11FN4. The Balaban J connectivity index is 1.94. The van der Waals surface area contributed by atoms with Gasteiger partial charge in [-0.3, -0.25) is 4.99 Å². The largest absolute Gasteiger partial charge is 0.264 e. The van der Waals surface area contributed by atoms with Gasteiger partial charge in [0.25, 0.3) is 0 Å². The quantitative estimate of drug-likeness (QED) is 0.709. The van der Waals surface area contributed by atoms with Gasteiger partial charge >= 0.3 is 0 Å². The lowest BCUT2D eigenvalue weighted by atomic mass is 10.1. The lowest BCUT2D eigenvalue weighted by molar-refractivity contribution is 0.567. The fourth-order valence-corrected chi connectivity index (χ4v) is 1.92. The van der Waals surface area contributed by atoms with Crippen LogP contribution in [0.15, 0.2) is 35.5 Å². The fourth-order valence-electron chi connectivity index (χ4n) is 1.92. The number of nitrogens with zero attached hydrogens (tertiary/aromatic N) is 4. The van der Waals surface area contributed by atoms with Gasteiger partial charge in [0, 0.05) is 0 Å². The topological polar surface area (TPSA) is 33.4 Å². The standard InChI is InChI=1S/C11H11FN4/c1-8-9(12)6-16(14-8)15-7-13-10-4-2-3-5-11(10)15/h2-7,10-11H,1H3. The van der Waals surface area contributed by atoms with Gasteiger partial charge in [0.15, 0.2) is 5.82 Å².